The number of hydrogen-bond donors (Lipinski definition) is 0. The Morgan fingerprint density at radius 2 is 2.00 bits per heavy atom. The number of hydrogen-bond acceptors (Lipinski definition) is 5. The number of pyridine rings is 1. The lowest BCUT2D eigenvalue weighted by Crippen LogP contribution is -2.36. The second kappa shape index (κ2) is 6.20. The zero-order chi connectivity index (χ0) is 17.5. The third kappa shape index (κ3) is 2.60. The van der Waals surface area contributed by atoms with Crippen molar-refractivity contribution < 1.29 is 12.9 Å². The van der Waals surface area contributed by atoms with Crippen LogP contribution in [0.4, 0.5) is 5.69 Å². The molecule has 0 spiro atoms. The van der Waals surface area contributed by atoms with Crippen LogP contribution in [0.3, 0.4) is 0 Å². The number of aryl methyl sites for hydroxylation is 5. The first-order valence-corrected chi connectivity index (χ1v) is 9.81. The van der Waals surface area contributed by atoms with Gasteiger partial charge in [-0.2, -0.15) is 0 Å². The Morgan fingerprint density at radius 1 is 1.25 bits per heavy atom. The van der Waals surface area contributed by atoms with Crippen molar-refractivity contribution in [2.45, 2.75) is 58.3 Å². The van der Waals surface area contributed by atoms with Crippen LogP contribution in [0.25, 0.3) is 0 Å². The van der Waals surface area contributed by atoms with Crippen molar-refractivity contribution in [3.63, 3.8) is 0 Å². The summed E-state index contributed by atoms with van der Waals surface area (Å²) in [5, 5.41) is 3.80. The molecule has 0 saturated heterocycles. The molecule has 2 aromatic rings. The van der Waals surface area contributed by atoms with Gasteiger partial charge in [-0.1, -0.05) is 19.0 Å². The number of anilines is 1. The molecule has 6 nitrogen and oxygen atoms in total. The molecule has 0 atom stereocenters. The largest absolute Gasteiger partial charge is 0.360 e. The Hall–Kier alpha value is -1.89. The predicted molar refractivity (Wildman–Crippen MR) is 91.8 cm³/mol. The molecule has 2 aromatic heterocycles. The highest BCUT2D eigenvalue weighted by Crippen LogP contribution is 2.34. The quantitative estimate of drug-likeness (QED) is 0.848. The number of nitrogens with zero attached hydrogens (tertiary/aromatic N) is 3. The molecule has 0 radical (unpaired) electrons. The molecule has 3 heterocycles. The summed E-state index contributed by atoms with van der Waals surface area (Å²) in [6.45, 7) is 7.89. The van der Waals surface area contributed by atoms with E-state index < -0.39 is 10.0 Å². The minimum Gasteiger partial charge on any atom is -0.360 e. The zero-order valence-electron chi connectivity index (χ0n) is 14.6. The Labute approximate surface area is 142 Å². The SMILES string of the molecule is CCc1cc2c(nc1CC)CCCN2S(=O)(=O)c1c(C)noc1C. The molecule has 0 bridgehead atoms. The van der Waals surface area contributed by atoms with Gasteiger partial charge in [-0.25, -0.2) is 8.42 Å². The van der Waals surface area contributed by atoms with Crippen LogP contribution in [0, 0.1) is 13.8 Å². The van der Waals surface area contributed by atoms with Crippen molar-refractivity contribution in [1.29, 1.82) is 0 Å². The first-order valence-electron chi connectivity index (χ1n) is 8.37. The van der Waals surface area contributed by atoms with Crippen molar-refractivity contribution in [1.82, 2.24) is 10.1 Å². The van der Waals surface area contributed by atoms with Gasteiger partial charge in [-0.3, -0.25) is 9.29 Å². The fourth-order valence-corrected chi connectivity index (χ4v) is 5.17. The van der Waals surface area contributed by atoms with E-state index in [9.17, 15) is 8.42 Å². The van der Waals surface area contributed by atoms with Gasteiger partial charge < -0.3 is 4.52 Å². The molecule has 7 heteroatoms. The first kappa shape index (κ1) is 17.0. The molecule has 0 N–H and O–H groups in total. The van der Waals surface area contributed by atoms with Crippen LogP contribution in [-0.4, -0.2) is 25.1 Å². The minimum absolute atomic E-state index is 0.174. The highest BCUT2D eigenvalue weighted by Gasteiger charge is 2.34. The summed E-state index contributed by atoms with van der Waals surface area (Å²) < 4.78 is 33.0. The van der Waals surface area contributed by atoms with Gasteiger partial charge >= 0.3 is 0 Å². The van der Waals surface area contributed by atoms with Crippen LogP contribution in [0.2, 0.25) is 0 Å². The third-order valence-corrected chi connectivity index (χ3v) is 6.58. The van der Waals surface area contributed by atoms with E-state index in [1.165, 1.54) is 4.31 Å². The molecule has 1 aliphatic heterocycles. The van der Waals surface area contributed by atoms with E-state index in [2.05, 4.69) is 19.0 Å². The van der Waals surface area contributed by atoms with E-state index >= 15 is 0 Å². The number of rotatable bonds is 4. The van der Waals surface area contributed by atoms with Gasteiger partial charge in [0.2, 0.25) is 0 Å². The van der Waals surface area contributed by atoms with Crippen LogP contribution in [0.1, 0.15) is 48.7 Å². The molecule has 0 fully saturated rings. The second-order valence-corrected chi connectivity index (χ2v) is 7.90. The van der Waals surface area contributed by atoms with Gasteiger partial charge in [-0.15, -0.1) is 0 Å². The molecule has 0 saturated carbocycles. The summed E-state index contributed by atoms with van der Waals surface area (Å²) in [6, 6.07) is 2.00. The Bertz CT molecular complexity index is 852. The van der Waals surface area contributed by atoms with Crippen molar-refractivity contribution in [2.24, 2.45) is 0 Å². The lowest BCUT2D eigenvalue weighted by Gasteiger charge is -2.30. The van der Waals surface area contributed by atoms with Gasteiger partial charge in [-0.05, 0) is 51.2 Å². The monoisotopic (exact) mass is 349 g/mol. The van der Waals surface area contributed by atoms with Gasteiger partial charge in [0.15, 0.2) is 10.7 Å². The maximum Gasteiger partial charge on any atom is 0.269 e. The highest BCUT2D eigenvalue weighted by atomic mass is 32.2. The van der Waals surface area contributed by atoms with Crippen LogP contribution in [-0.2, 0) is 29.3 Å². The average molecular weight is 349 g/mol. The molecule has 0 amide bonds. The Kier molecular flexibility index (Phi) is 4.38. The fraction of sp³-hybridized carbons (Fsp3) is 0.529. The standard InChI is InChI=1S/C17H23N3O3S/c1-5-13-10-16-15(18-14(13)6-2)8-7-9-20(16)24(21,22)17-11(3)19-23-12(17)4/h10H,5-9H2,1-4H3. The molecule has 1 aliphatic rings. The first-order chi connectivity index (χ1) is 11.4. The molecule has 0 aliphatic carbocycles. The van der Waals surface area contributed by atoms with E-state index in [4.69, 9.17) is 9.51 Å². The average Bonchev–Trinajstić information content (AvgIpc) is 2.92. The van der Waals surface area contributed by atoms with E-state index in [0.717, 1.165) is 42.6 Å². The van der Waals surface area contributed by atoms with Gasteiger partial charge in [0.05, 0.1) is 11.4 Å². The number of sulfonamides is 1. The highest BCUT2D eigenvalue weighted by molar-refractivity contribution is 7.93. The summed E-state index contributed by atoms with van der Waals surface area (Å²) in [6.07, 6.45) is 3.26. The second-order valence-electron chi connectivity index (χ2n) is 6.10. The molecule has 130 valence electrons. The van der Waals surface area contributed by atoms with Gasteiger partial charge in [0.1, 0.15) is 5.69 Å². The summed E-state index contributed by atoms with van der Waals surface area (Å²) in [7, 11) is -3.70. The Balaban J connectivity index is 2.16. The van der Waals surface area contributed by atoms with E-state index in [1.54, 1.807) is 13.8 Å². The van der Waals surface area contributed by atoms with Gasteiger partial charge in [0.25, 0.3) is 10.0 Å². The third-order valence-electron chi connectivity index (χ3n) is 4.52. The molecule has 0 unspecified atom stereocenters. The lowest BCUT2D eigenvalue weighted by atomic mass is 10.0. The molecular formula is C17H23N3O3S. The van der Waals surface area contributed by atoms with Crippen molar-refractivity contribution in [3.05, 3.63) is 34.5 Å². The predicted octanol–water partition coefficient (Wildman–Crippen LogP) is 2.95. The number of fused-ring (bicyclic) bond motifs is 1. The maximum atomic E-state index is 13.2. The normalized spacial score (nSPS) is 14.8. The van der Waals surface area contributed by atoms with E-state index in [-0.39, 0.29) is 4.90 Å². The van der Waals surface area contributed by atoms with Crippen LogP contribution >= 0.6 is 0 Å². The summed E-state index contributed by atoms with van der Waals surface area (Å²) in [5.41, 5.74) is 4.14. The topological polar surface area (TPSA) is 76.3 Å². The molecule has 0 aromatic carbocycles. The Morgan fingerprint density at radius 3 is 2.58 bits per heavy atom. The van der Waals surface area contributed by atoms with E-state index in [1.807, 2.05) is 6.07 Å². The van der Waals surface area contributed by atoms with Crippen LogP contribution in [0.15, 0.2) is 15.5 Å². The summed E-state index contributed by atoms with van der Waals surface area (Å²) in [4.78, 5) is 4.92. The van der Waals surface area contributed by atoms with E-state index in [0.29, 0.717) is 23.7 Å². The molecular weight excluding hydrogens is 326 g/mol. The minimum atomic E-state index is -3.70. The van der Waals surface area contributed by atoms with Crippen LogP contribution in [0.5, 0.6) is 0 Å². The molecule has 24 heavy (non-hydrogen) atoms. The van der Waals surface area contributed by atoms with Crippen molar-refractivity contribution in [3.8, 4) is 0 Å². The lowest BCUT2D eigenvalue weighted by molar-refractivity contribution is 0.390. The summed E-state index contributed by atoms with van der Waals surface area (Å²) in [5.74, 6) is 0.327. The zero-order valence-corrected chi connectivity index (χ0v) is 15.4. The summed E-state index contributed by atoms with van der Waals surface area (Å²) >= 11 is 0. The van der Waals surface area contributed by atoms with Crippen LogP contribution < -0.4 is 4.31 Å². The molecule has 3 rings (SSSR count). The fourth-order valence-electron chi connectivity index (χ4n) is 3.35. The van der Waals surface area contributed by atoms with Crippen molar-refractivity contribution in [2.75, 3.05) is 10.8 Å². The smallest absolute Gasteiger partial charge is 0.269 e. The maximum absolute atomic E-state index is 13.2. The van der Waals surface area contributed by atoms with Gasteiger partial charge in [0, 0.05) is 12.2 Å². The van der Waals surface area contributed by atoms with Crippen molar-refractivity contribution >= 4 is 15.7 Å². The number of aromatic nitrogens is 2.